The van der Waals surface area contributed by atoms with Gasteiger partial charge in [-0.05, 0) is 46.5 Å². The van der Waals surface area contributed by atoms with Crippen molar-refractivity contribution < 1.29 is 9.47 Å². The minimum absolute atomic E-state index is 0.0531. The highest BCUT2D eigenvalue weighted by Gasteiger charge is 2.27. The lowest BCUT2D eigenvalue weighted by molar-refractivity contribution is 0.319. The lowest BCUT2D eigenvalue weighted by Crippen LogP contribution is -2.04. The van der Waals surface area contributed by atoms with Gasteiger partial charge in [-0.1, -0.05) is 84.9 Å². The van der Waals surface area contributed by atoms with Crippen molar-refractivity contribution in [2.45, 2.75) is 12.1 Å². The number of rotatable bonds is 5. The molecule has 4 aromatic rings. The van der Waals surface area contributed by atoms with E-state index in [1.54, 1.807) is 0 Å². The Hall–Kier alpha value is -4.18. The molecular weight excluding hydrogens is 420 g/mol. The highest BCUT2D eigenvalue weighted by molar-refractivity contribution is 5.96. The van der Waals surface area contributed by atoms with Crippen LogP contribution in [-0.4, -0.2) is 25.0 Å². The Morgan fingerprint density at radius 2 is 0.853 bits per heavy atom. The third-order valence-electron chi connectivity index (χ3n) is 6.27. The second-order valence-corrected chi connectivity index (χ2v) is 8.43. The normalized spacial score (nSPS) is 19.2. The summed E-state index contributed by atoms with van der Waals surface area (Å²) in [5.74, 6) is 1.41. The van der Waals surface area contributed by atoms with Gasteiger partial charge in [0.15, 0.2) is 0 Å². The highest BCUT2D eigenvalue weighted by Crippen LogP contribution is 2.38. The van der Waals surface area contributed by atoms with Gasteiger partial charge in [0.05, 0.1) is 0 Å². The van der Waals surface area contributed by atoms with Crippen LogP contribution in [0.25, 0.3) is 11.1 Å². The SMILES string of the molecule is c1ccc(C2=N[C@@H](c3ccccc3-c3ccccc3[C@H]3COC(c4ccccc4)=N3)CO2)cc1. The predicted molar refractivity (Wildman–Crippen MR) is 135 cm³/mol. The van der Waals surface area contributed by atoms with Crippen LogP contribution in [0.1, 0.15) is 34.3 Å². The van der Waals surface area contributed by atoms with Crippen molar-refractivity contribution in [2.75, 3.05) is 13.2 Å². The molecule has 2 aliphatic rings. The van der Waals surface area contributed by atoms with E-state index in [2.05, 4.69) is 48.5 Å². The van der Waals surface area contributed by atoms with Crippen molar-refractivity contribution in [3.05, 3.63) is 131 Å². The Kier molecular flexibility index (Phi) is 5.40. The molecule has 0 amide bonds. The molecule has 0 spiro atoms. The molecule has 2 atom stereocenters. The number of nitrogens with zero attached hydrogens (tertiary/aromatic N) is 2. The Morgan fingerprint density at radius 1 is 0.471 bits per heavy atom. The molecule has 0 aliphatic carbocycles. The van der Waals surface area contributed by atoms with Gasteiger partial charge in [0.2, 0.25) is 11.8 Å². The molecule has 6 rings (SSSR count). The van der Waals surface area contributed by atoms with Crippen LogP contribution < -0.4 is 0 Å². The first kappa shape index (κ1) is 20.4. The maximum Gasteiger partial charge on any atom is 0.216 e. The smallest absolute Gasteiger partial charge is 0.216 e. The first-order valence-corrected chi connectivity index (χ1v) is 11.6. The van der Waals surface area contributed by atoms with E-state index in [1.165, 1.54) is 0 Å². The molecule has 0 N–H and O–H groups in total. The van der Waals surface area contributed by atoms with Crippen molar-refractivity contribution >= 4 is 11.8 Å². The summed E-state index contributed by atoms with van der Waals surface area (Å²) in [6.07, 6.45) is 0. The van der Waals surface area contributed by atoms with Crippen LogP contribution in [-0.2, 0) is 9.47 Å². The molecule has 2 heterocycles. The van der Waals surface area contributed by atoms with Crippen molar-refractivity contribution in [1.82, 2.24) is 0 Å². The van der Waals surface area contributed by atoms with E-state index in [1.807, 2.05) is 60.7 Å². The molecule has 4 heteroatoms. The summed E-state index contributed by atoms with van der Waals surface area (Å²) in [6, 6.07) is 37.0. The maximum atomic E-state index is 6.00. The summed E-state index contributed by atoms with van der Waals surface area (Å²) in [5.41, 5.74) is 6.66. The van der Waals surface area contributed by atoms with E-state index < -0.39 is 0 Å². The highest BCUT2D eigenvalue weighted by atomic mass is 16.5. The first-order chi connectivity index (χ1) is 16.9. The van der Waals surface area contributed by atoms with E-state index in [-0.39, 0.29) is 12.1 Å². The van der Waals surface area contributed by atoms with Gasteiger partial charge in [0.1, 0.15) is 25.3 Å². The van der Waals surface area contributed by atoms with E-state index in [9.17, 15) is 0 Å². The second kappa shape index (κ2) is 8.99. The van der Waals surface area contributed by atoms with Gasteiger partial charge in [-0.2, -0.15) is 0 Å². The lowest BCUT2D eigenvalue weighted by Gasteiger charge is -2.17. The van der Waals surface area contributed by atoms with Crippen molar-refractivity contribution in [3.63, 3.8) is 0 Å². The Morgan fingerprint density at radius 3 is 1.29 bits per heavy atom. The largest absolute Gasteiger partial charge is 0.475 e. The van der Waals surface area contributed by atoms with Crippen LogP contribution in [0.15, 0.2) is 119 Å². The van der Waals surface area contributed by atoms with Crippen LogP contribution in [0.4, 0.5) is 0 Å². The third kappa shape index (κ3) is 3.88. The average Bonchev–Trinajstić information content (AvgIpc) is 3.61. The van der Waals surface area contributed by atoms with Crippen molar-refractivity contribution in [3.8, 4) is 11.1 Å². The third-order valence-corrected chi connectivity index (χ3v) is 6.27. The van der Waals surface area contributed by atoms with Gasteiger partial charge < -0.3 is 9.47 Å². The Labute approximate surface area is 199 Å². The molecule has 0 bridgehead atoms. The van der Waals surface area contributed by atoms with Gasteiger partial charge in [-0.3, -0.25) is 0 Å². The molecule has 0 fully saturated rings. The van der Waals surface area contributed by atoms with Gasteiger partial charge >= 0.3 is 0 Å². The summed E-state index contributed by atoms with van der Waals surface area (Å²) >= 11 is 0. The van der Waals surface area contributed by atoms with Crippen molar-refractivity contribution in [2.24, 2.45) is 9.98 Å². The summed E-state index contributed by atoms with van der Waals surface area (Å²) in [7, 11) is 0. The lowest BCUT2D eigenvalue weighted by atomic mass is 9.90. The van der Waals surface area contributed by atoms with E-state index in [0.717, 1.165) is 33.4 Å². The van der Waals surface area contributed by atoms with Crippen LogP contribution in [0.3, 0.4) is 0 Å². The zero-order valence-electron chi connectivity index (χ0n) is 18.7. The molecule has 166 valence electrons. The number of benzene rings is 4. The van der Waals surface area contributed by atoms with Crippen LogP contribution in [0.2, 0.25) is 0 Å². The van der Waals surface area contributed by atoms with Crippen LogP contribution in [0.5, 0.6) is 0 Å². The zero-order valence-corrected chi connectivity index (χ0v) is 18.7. The van der Waals surface area contributed by atoms with Gasteiger partial charge in [0, 0.05) is 11.1 Å². The molecule has 4 nitrogen and oxygen atoms in total. The maximum absolute atomic E-state index is 6.00. The number of ether oxygens (including phenoxy) is 2. The van der Waals surface area contributed by atoms with Gasteiger partial charge in [0.25, 0.3) is 0 Å². The van der Waals surface area contributed by atoms with Gasteiger partial charge in [-0.15, -0.1) is 0 Å². The zero-order chi connectivity index (χ0) is 22.7. The van der Waals surface area contributed by atoms with Crippen molar-refractivity contribution in [1.29, 1.82) is 0 Å². The second-order valence-electron chi connectivity index (χ2n) is 8.43. The molecule has 0 unspecified atom stereocenters. The predicted octanol–water partition coefficient (Wildman–Crippen LogP) is 6.39. The van der Waals surface area contributed by atoms with E-state index >= 15 is 0 Å². The fourth-order valence-electron chi connectivity index (χ4n) is 4.61. The molecule has 2 aliphatic heterocycles. The number of hydrogen-bond acceptors (Lipinski definition) is 4. The molecule has 4 aromatic carbocycles. The van der Waals surface area contributed by atoms with Gasteiger partial charge in [-0.25, -0.2) is 9.98 Å². The minimum atomic E-state index is -0.0531. The first-order valence-electron chi connectivity index (χ1n) is 11.6. The van der Waals surface area contributed by atoms with E-state index in [4.69, 9.17) is 19.5 Å². The molecule has 0 saturated heterocycles. The molecule has 0 radical (unpaired) electrons. The molecular formula is C30H24N2O2. The molecule has 0 aromatic heterocycles. The van der Waals surface area contributed by atoms with Crippen LogP contribution in [0, 0.1) is 0 Å². The van der Waals surface area contributed by atoms with Crippen LogP contribution >= 0.6 is 0 Å². The number of hydrogen-bond donors (Lipinski definition) is 0. The number of aliphatic imine (C=N–C) groups is 2. The average molecular weight is 445 g/mol. The van der Waals surface area contributed by atoms with E-state index in [0.29, 0.717) is 25.0 Å². The Balaban J connectivity index is 1.36. The standard InChI is InChI=1S/C30H24N2O2/c1-3-11-21(12-4-1)29-31-27(19-33-29)25-17-9-7-15-23(25)24-16-8-10-18-26(24)28-20-34-30(32-28)22-13-5-2-6-14-22/h1-18,27-28H,19-20H2/t27-,28-/m1/s1. The summed E-state index contributed by atoms with van der Waals surface area (Å²) in [6.45, 7) is 1.07. The summed E-state index contributed by atoms with van der Waals surface area (Å²) < 4.78 is 12.0. The summed E-state index contributed by atoms with van der Waals surface area (Å²) in [4.78, 5) is 9.87. The molecule has 34 heavy (non-hydrogen) atoms. The minimum Gasteiger partial charge on any atom is -0.475 e. The fourth-order valence-corrected chi connectivity index (χ4v) is 4.61. The monoisotopic (exact) mass is 444 g/mol. The fraction of sp³-hybridized carbons (Fsp3) is 0.133. The Bertz CT molecular complexity index is 1260. The quantitative estimate of drug-likeness (QED) is 0.358. The molecule has 0 saturated carbocycles. The summed E-state index contributed by atoms with van der Waals surface area (Å²) in [5, 5.41) is 0. The topological polar surface area (TPSA) is 43.2 Å².